The van der Waals surface area contributed by atoms with Crippen molar-refractivity contribution in [2.45, 2.75) is 19.4 Å². The van der Waals surface area contributed by atoms with Crippen LogP contribution in [0.3, 0.4) is 0 Å². The highest BCUT2D eigenvalue weighted by Gasteiger charge is 2.17. The molecule has 0 aromatic heterocycles. The summed E-state index contributed by atoms with van der Waals surface area (Å²) in [4.78, 5) is 12.7. The molecule has 0 fully saturated rings. The van der Waals surface area contributed by atoms with Crippen LogP contribution in [0.1, 0.15) is 12.5 Å². The number of ether oxygens (including phenoxy) is 1. The van der Waals surface area contributed by atoms with Gasteiger partial charge in [0.05, 0.1) is 13.2 Å². The summed E-state index contributed by atoms with van der Waals surface area (Å²) in [5, 5.41) is 8.90. The molecule has 0 aliphatic rings. The Labute approximate surface area is 112 Å². The number of carboxylic acid groups (broad SMARTS) is 1. The first-order chi connectivity index (χ1) is 9.02. The number of hydrogen-bond acceptors (Lipinski definition) is 3. The summed E-state index contributed by atoms with van der Waals surface area (Å²) in [5.74, 6) is -1.14. The van der Waals surface area contributed by atoms with E-state index < -0.39 is 5.97 Å². The number of hydrogen-bond donors (Lipinski definition) is 1. The molecular weight excluding hydrogens is 249 g/mol. The first-order valence-electron chi connectivity index (χ1n) is 6.22. The topological polar surface area (TPSA) is 49.8 Å². The summed E-state index contributed by atoms with van der Waals surface area (Å²) in [5.41, 5.74) is 0.861. The zero-order valence-electron chi connectivity index (χ0n) is 11.3. The highest BCUT2D eigenvalue weighted by molar-refractivity contribution is 5.69. The van der Waals surface area contributed by atoms with E-state index in [1.165, 1.54) is 12.1 Å². The lowest BCUT2D eigenvalue weighted by molar-refractivity contribution is -0.139. The van der Waals surface area contributed by atoms with E-state index >= 15 is 0 Å². The first kappa shape index (κ1) is 15.6. The Morgan fingerprint density at radius 3 is 2.84 bits per heavy atom. The Morgan fingerprint density at radius 2 is 2.26 bits per heavy atom. The predicted molar refractivity (Wildman–Crippen MR) is 70.7 cm³/mol. The fourth-order valence-electron chi connectivity index (χ4n) is 1.97. The molecule has 0 aliphatic carbocycles. The van der Waals surface area contributed by atoms with Gasteiger partial charge < -0.3 is 9.84 Å². The molecule has 1 atom stereocenters. The lowest BCUT2D eigenvalue weighted by Gasteiger charge is -2.27. The van der Waals surface area contributed by atoms with Crippen LogP contribution in [0, 0.1) is 5.82 Å². The van der Waals surface area contributed by atoms with E-state index in [1.54, 1.807) is 13.2 Å². The first-order valence-corrected chi connectivity index (χ1v) is 6.22. The molecule has 0 heterocycles. The highest BCUT2D eigenvalue weighted by Crippen LogP contribution is 2.10. The molecule has 1 N–H and O–H groups in total. The van der Waals surface area contributed by atoms with E-state index in [2.05, 4.69) is 0 Å². The Balaban J connectivity index is 2.64. The number of benzene rings is 1. The molecule has 0 bridgehead atoms. The minimum atomic E-state index is -0.873. The molecule has 0 saturated carbocycles. The molecular formula is C14H20FNO3. The molecule has 106 valence electrons. The average molecular weight is 269 g/mol. The summed E-state index contributed by atoms with van der Waals surface area (Å²) in [6.45, 7) is 2.91. The second kappa shape index (κ2) is 7.86. The summed E-state index contributed by atoms with van der Waals surface area (Å²) >= 11 is 0. The van der Waals surface area contributed by atoms with Gasteiger partial charge in [0.1, 0.15) is 5.82 Å². The van der Waals surface area contributed by atoms with Crippen molar-refractivity contribution in [2.24, 2.45) is 0 Å². The maximum atomic E-state index is 13.1. The van der Waals surface area contributed by atoms with Crippen LogP contribution in [0.5, 0.6) is 0 Å². The Kier molecular flexibility index (Phi) is 6.45. The van der Waals surface area contributed by atoms with Crippen molar-refractivity contribution in [1.29, 1.82) is 0 Å². The van der Waals surface area contributed by atoms with Crippen molar-refractivity contribution in [3.63, 3.8) is 0 Å². The van der Waals surface area contributed by atoms with Crippen LogP contribution in [0.2, 0.25) is 0 Å². The fraction of sp³-hybridized carbons (Fsp3) is 0.500. The molecule has 1 aromatic rings. The van der Waals surface area contributed by atoms with E-state index in [4.69, 9.17) is 9.84 Å². The van der Waals surface area contributed by atoms with Gasteiger partial charge in [-0.2, -0.15) is 0 Å². The minimum absolute atomic E-state index is 0.00745. The number of rotatable bonds is 8. The van der Waals surface area contributed by atoms with Crippen molar-refractivity contribution in [3.8, 4) is 0 Å². The lowest BCUT2D eigenvalue weighted by atomic mass is 10.1. The van der Waals surface area contributed by atoms with Gasteiger partial charge in [0.15, 0.2) is 0 Å². The van der Waals surface area contributed by atoms with Crippen LogP contribution < -0.4 is 0 Å². The second-order valence-electron chi connectivity index (χ2n) is 4.54. The highest BCUT2D eigenvalue weighted by atomic mass is 19.1. The fourth-order valence-corrected chi connectivity index (χ4v) is 1.97. The zero-order chi connectivity index (χ0) is 14.3. The number of carbonyl (C=O) groups is 1. The van der Waals surface area contributed by atoms with Gasteiger partial charge in [0, 0.05) is 19.7 Å². The normalized spacial score (nSPS) is 12.6. The molecule has 1 unspecified atom stereocenters. The van der Waals surface area contributed by atoms with E-state index in [0.717, 1.165) is 5.56 Å². The summed E-state index contributed by atoms with van der Waals surface area (Å²) in [6.07, 6.45) is 0.606. The third kappa shape index (κ3) is 5.81. The van der Waals surface area contributed by atoms with Gasteiger partial charge in [0.2, 0.25) is 0 Å². The smallest absolute Gasteiger partial charge is 0.317 e. The van der Waals surface area contributed by atoms with Crippen molar-refractivity contribution < 1.29 is 19.0 Å². The van der Waals surface area contributed by atoms with Gasteiger partial charge >= 0.3 is 5.97 Å². The molecule has 1 aromatic carbocycles. The van der Waals surface area contributed by atoms with E-state index in [-0.39, 0.29) is 18.4 Å². The third-order valence-corrected chi connectivity index (χ3v) is 2.96. The van der Waals surface area contributed by atoms with E-state index in [9.17, 15) is 9.18 Å². The van der Waals surface area contributed by atoms with Crippen LogP contribution in [-0.2, 0) is 16.0 Å². The molecule has 1 rings (SSSR count). The Morgan fingerprint density at radius 1 is 1.53 bits per heavy atom. The molecule has 5 heteroatoms. The third-order valence-electron chi connectivity index (χ3n) is 2.96. The summed E-state index contributed by atoms with van der Waals surface area (Å²) < 4.78 is 18.1. The molecule has 0 spiro atoms. The van der Waals surface area contributed by atoms with Crippen molar-refractivity contribution in [2.75, 3.05) is 26.8 Å². The summed E-state index contributed by atoms with van der Waals surface area (Å²) in [6, 6.07) is 6.39. The molecule has 0 aliphatic heterocycles. The van der Waals surface area contributed by atoms with Crippen LogP contribution in [-0.4, -0.2) is 48.8 Å². The van der Waals surface area contributed by atoms with Crippen LogP contribution in [0.25, 0.3) is 0 Å². The largest absolute Gasteiger partial charge is 0.480 e. The Hall–Kier alpha value is -1.46. The van der Waals surface area contributed by atoms with Gasteiger partial charge in [-0.05, 0) is 31.0 Å². The van der Waals surface area contributed by atoms with Crippen molar-refractivity contribution in [1.82, 2.24) is 4.90 Å². The van der Waals surface area contributed by atoms with E-state index in [0.29, 0.717) is 19.6 Å². The number of carboxylic acids is 1. The van der Waals surface area contributed by atoms with Crippen LogP contribution in [0.15, 0.2) is 24.3 Å². The molecule has 4 nitrogen and oxygen atoms in total. The standard InChI is InChI=1S/C14H20FNO3/c1-11(8-12-4-3-5-13(15)9-12)16(6-7-19-2)10-14(17)18/h3-5,9,11H,6-8,10H2,1-2H3,(H,17,18). The van der Waals surface area contributed by atoms with Gasteiger partial charge in [-0.3, -0.25) is 9.69 Å². The maximum Gasteiger partial charge on any atom is 0.317 e. The Bertz CT molecular complexity index is 411. The van der Waals surface area contributed by atoms with Crippen LogP contribution >= 0.6 is 0 Å². The summed E-state index contributed by atoms with van der Waals surface area (Å²) in [7, 11) is 1.58. The number of halogens is 1. The molecule has 0 amide bonds. The monoisotopic (exact) mass is 269 g/mol. The minimum Gasteiger partial charge on any atom is -0.480 e. The SMILES string of the molecule is COCCN(CC(=O)O)C(C)Cc1cccc(F)c1. The van der Waals surface area contributed by atoms with Gasteiger partial charge in [-0.25, -0.2) is 4.39 Å². The van der Waals surface area contributed by atoms with Crippen molar-refractivity contribution in [3.05, 3.63) is 35.6 Å². The van der Waals surface area contributed by atoms with Gasteiger partial charge in [-0.1, -0.05) is 12.1 Å². The number of methoxy groups -OCH3 is 1. The number of nitrogens with zero attached hydrogens (tertiary/aromatic N) is 1. The van der Waals surface area contributed by atoms with Gasteiger partial charge in [-0.15, -0.1) is 0 Å². The number of aliphatic carboxylic acids is 1. The second-order valence-corrected chi connectivity index (χ2v) is 4.54. The maximum absolute atomic E-state index is 13.1. The molecule has 0 radical (unpaired) electrons. The average Bonchev–Trinajstić information content (AvgIpc) is 2.34. The molecule has 0 saturated heterocycles. The van der Waals surface area contributed by atoms with Crippen molar-refractivity contribution >= 4 is 5.97 Å². The predicted octanol–water partition coefficient (Wildman–Crippen LogP) is 1.79. The van der Waals surface area contributed by atoms with E-state index in [1.807, 2.05) is 17.9 Å². The zero-order valence-corrected chi connectivity index (χ0v) is 11.3. The van der Waals surface area contributed by atoms with Gasteiger partial charge in [0.25, 0.3) is 0 Å². The van der Waals surface area contributed by atoms with Crippen LogP contribution in [0.4, 0.5) is 4.39 Å². The quantitative estimate of drug-likeness (QED) is 0.781. The molecule has 19 heavy (non-hydrogen) atoms. The lowest BCUT2D eigenvalue weighted by Crippen LogP contribution is -2.40.